The van der Waals surface area contributed by atoms with Crippen LogP contribution in [0.2, 0.25) is 17.5 Å². The fraction of sp³-hybridized carbons (Fsp3) is 0.703. The normalized spacial score (nSPS) is 38.0. The highest BCUT2D eigenvalue weighted by atomic mass is 16.7. The number of allylic oxidation sites excluding steroid dienone is 3. The van der Waals surface area contributed by atoms with Gasteiger partial charge in [-0.3, -0.25) is 14.5 Å². The molecular weight excluding hydrogens is 968 g/mol. The van der Waals surface area contributed by atoms with Gasteiger partial charge in [-0.2, -0.15) is 0 Å². The van der Waals surface area contributed by atoms with Gasteiger partial charge >= 0.3 is 0 Å². The summed E-state index contributed by atoms with van der Waals surface area (Å²) < 4.78 is 37.1. The summed E-state index contributed by atoms with van der Waals surface area (Å²) in [5.74, 6) is 2.31. The zero-order valence-electron chi connectivity index (χ0n) is 46.3. The number of carbonyl (C=O) groups excluding carboxylic acids is 3. The lowest BCUT2D eigenvalue weighted by molar-refractivity contribution is -0.216. The zero-order valence-corrected chi connectivity index (χ0v) is 46.3. The SMILES string of the molecule is C.C.C1=CC(B2C3CCCC2CCC3)CCC1.CC(C)(C)[C@@H]1OC[C@]2(C=O)N1C(=O)[C@@H]1C[C@@H](OCc3ccccc3)O[C@@]12C.CC(C)(C)[C@@H]1OC[C@]2([C@H](O)[C@@H]3C=CCCC3)N1C(=O)[C@@H]1C[C@@H](OCc3ccccc3)O[C@@]12C. The van der Waals surface area contributed by atoms with Gasteiger partial charge in [0.15, 0.2) is 31.1 Å². The predicted molar refractivity (Wildman–Crippen MR) is 302 cm³/mol. The molecule has 2 amide bonds. The van der Waals surface area contributed by atoms with E-state index in [9.17, 15) is 19.5 Å². The van der Waals surface area contributed by atoms with Crippen LogP contribution in [0.15, 0.2) is 85.0 Å². The maximum absolute atomic E-state index is 13.9. The van der Waals surface area contributed by atoms with Crippen LogP contribution < -0.4 is 0 Å². The van der Waals surface area contributed by atoms with Crippen molar-refractivity contribution in [2.75, 3.05) is 13.2 Å². The molecule has 12 nitrogen and oxygen atoms in total. The van der Waals surface area contributed by atoms with Crippen molar-refractivity contribution in [1.29, 1.82) is 0 Å². The van der Waals surface area contributed by atoms with Crippen LogP contribution in [-0.4, -0.2) is 106 Å². The van der Waals surface area contributed by atoms with E-state index in [1.54, 1.807) is 30.6 Å². The van der Waals surface area contributed by atoms with Gasteiger partial charge < -0.3 is 43.2 Å². The molecule has 2 bridgehead atoms. The van der Waals surface area contributed by atoms with E-state index in [1.165, 1.54) is 32.1 Å². The van der Waals surface area contributed by atoms with Gasteiger partial charge in [0.1, 0.15) is 29.2 Å². The minimum atomic E-state index is -1.10. The Morgan fingerprint density at radius 3 is 1.64 bits per heavy atom. The van der Waals surface area contributed by atoms with Gasteiger partial charge in [0, 0.05) is 29.6 Å². The molecule has 424 valence electrons. The average Bonchev–Trinajstić information content (AvgIpc) is 4.41. The van der Waals surface area contributed by atoms with Gasteiger partial charge in [-0.05, 0) is 62.9 Å². The number of hydrogen-bond acceptors (Lipinski definition) is 10. The highest BCUT2D eigenvalue weighted by Gasteiger charge is 2.78. The maximum Gasteiger partial charge on any atom is 0.231 e. The molecule has 2 aliphatic carbocycles. The Balaban J connectivity index is 0.000000160. The first kappa shape index (κ1) is 59.4. The molecule has 8 saturated heterocycles. The fourth-order valence-electron chi connectivity index (χ4n) is 15.7. The summed E-state index contributed by atoms with van der Waals surface area (Å²) in [7, 11) is 0. The van der Waals surface area contributed by atoms with E-state index < -0.39 is 59.3 Å². The first-order chi connectivity index (χ1) is 35.9. The molecule has 1 unspecified atom stereocenters. The third-order valence-corrected chi connectivity index (χ3v) is 19.6. The first-order valence-corrected chi connectivity index (χ1v) is 28.9. The fourth-order valence-corrected chi connectivity index (χ4v) is 15.7. The second kappa shape index (κ2) is 23.4. The van der Waals surface area contributed by atoms with E-state index in [4.69, 9.17) is 28.4 Å². The minimum absolute atomic E-state index is 0. The molecule has 8 heterocycles. The number of carbonyl (C=O) groups is 3. The summed E-state index contributed by atoms with van der Waals surface area (Å²) in [6, 6.07) is 19.8. The Kier molecular flexibility index (Phi) is 18.1. The number of nitrogens with zero attached hydrogens (tertiary/aromatic N) is 2. The van der Waals surface area contributed by atoms with Gasteiger partial charge in [0.05, 0.1) is 44.4 Å². The second-order valence-electron chi connectivity index (χ2n) is 26.4. The second-order valence-corrected chi connectivity index (χ2v) is 26.4. The Labute approximate surface area is 462 Å². The molecule has 2 aromatic rings. The summed E-state index contributed by atoms with van der Waals surface area (Å²) in [6.07, 6.45) is 25.0. The monoisotopic (exact) mass is 1060 g/mol. The number of benzene rings is 2. The number of aldehydes is 1. The van der Waals surface area contributed by atoms with Gasteiger partial charge in [0.25, 0.3) is 0 Å². The predicted octanol–water partition coefficient (Wildman–Crippen LogP) is 12.5. The van der Waals surface area contributed by atoms with Crippen LogP contribution in [0.1, 0.15) is 171 Å². The number of ether oxygens (including phenoxy) is 6. The third kappa shape index (κ3) is 10.6. The van der Waals surface area contributed by atoms with E-state index >= 15 is 0 Å². The summed E-state index contributed by atoms with van der Waals surface area (Å²) in [5, 5.41) is 11.9. The molecule has 8 aliphatic heterocycles. The van der Waals surface area contributed by atoms with Crippen molar-refractivity contribution in [2.45, 2.75) is 244 Å². The van der Waals surface area contributed by atoms with Gasteiger partial charge in [-0.25, -0.2) is 0 Å². The van der Waals surface area contributed by atoms with Crippen LogP contribution in [-0.2, 0) is 56.0 Å². The van der Waals surface area contributed by atoms with E-state index in [2.05, 4.69) is 45.1 Å². The lowest BCUT2D eigenvalue weighted by Crippen LogP contribution is -2.67. The Morgan fingerprint density at radius 1 is 0.662 bits per heavy atom. The summed E-state index contributed by atoms with van der Waals surface area (Å²) in [6.45, 7) is 18.5. The van der Waals surface area contributed by atoms with Crippen molar-refractivity contribution in [1.82, 2.24) is 9.80 Å². The largest absolute Gasteiger partial charge is 0.390 e. The molecule has 1 N–H and O–H groups in total. The molecule has 13 heteroatoms. The van der Waals surface area contributed by atoms with E-state index in [0.717, 1.165) is 60.8 Å². The summed E-state index contributed by atoms with van der Waals surface area (Å²) in [5.41, 5.74) is -2.35. The molecule has 0 radical (unpaired) electrons. The highest BCUT2D eigenvalue weighted by molar-refractivity contribution is 6.64. The van der Waals surface area contributed by atoms with Crippen molar-refractivity contribution in [3.63, 3.8) is 0 Å². The number of hydrogen-bond donors (Lipinski definition) is 1. The molecule has 13 atom stereocenters. The molecular formula is C64H95BN2O10. The summed E-state index contributed by atoms with van der Waals surface area (Å²) >= 11 is 0. The molecule has 2 aromatic carbocycles. The number of rotatable bonds is 10. The molecule has 0 saturated carbocycles. The number of aliphatic hydroxyl groups excluding tert-OH is 1. The van der Waals surface area contributed by atoms with Crippen LogP contribution in [0.5, 0.6) is 0 Å². The summed E-state index contributed by atoms with van der Waals surface area (Å²) in [4.78, 5) is 43.0. The van der Waals surface area contributed by atoms with E-state index in [0.29, 0.717) is 26.1 Å². The van der Waals surface area contributed by atoms with Crippen LogP contribution in [0.4, 0.5) is 0 Å². The number of aliphatic hydroxyl groups is 1. The van der Waals surface area contributed by atoms with Crippen molar-refractivity contribution in [3.05, 3.63) is 96.1 Å². The number of amides is 2. The van der Waals surface area contributed by atoms with Crippen LogP contribution in [0.25, 0.3) is 0 Å². The van der Waals surface area contributed by atoms with E-state index in [-0.39, 0.29) is 62.5 Å². The molecule has 10 aliphatic rings. The van der Waals surface area contributed by atoms with Crippen molar-refractivity contribution in [3.8, 4) is 0 Å². The standard InChI is InChI=1S/C27H37NO5.C21H27NO5.C14H23B.2CH4/c1-25(2,3)24-28-23(30)20-15-21(31-16-18-11-7-5-8-12-18)33-26(20,4)27(28,17-32-24)22(29)19-13-9-6-10-14-19;1-19(2,3)18-22-17(24)15-10-16(25-11-14-8-6-5-7-9-14)27-20(15,4)21(22,12-23)13-26-18;1-2-6-12(7-3-1)15-13-8-4-9-14(15)11-5-10-13;;/h5,7-9,11-13,19-22,24,29H,6,10,14-17H2,1-4H3;5-9,12,15-16,18H,10-11,13H2,1-4H3;2,6,12-14H,1,3-5,7-11H2;2*1H4/t19-,20+,21+,22-,24+,26+,27-;15-,16-,18-,20-,21-;;;/m10.../s1. The van der Waals surface area contributed by atoms with Gasteiger partial charge in [-0.15, -0.1) is 0 Å². The van der Waals surface area contributed by atoms with Gasteiger partial charge in [0.2, 0.25) is 11.8 Å². The Bertz CT molecular complexity index is 2370. The smallest absolute Gasteiger partial charge is 0.231 e. The Hall–Kier alpha value is -3.69. The first-order valence-electron chi connectivity index (χ1n) is 28.9. The molecule has 12 rings (SSSR count). The Morgan fingerprint density at radius 2 is 1.14 bits per heavy atom. The lowest BCUT2D eigenvalue weighted by Gasteiger charge is -2.48. The average molecular weight is 1060 g/mol. The maximum atomic E-state index is 13.9. The zero-order chi connectivity index (χ0) is 53.0. The topological polar surface area (TPSA) is 133 Å². The minimum Gasteiger partial charge on any atom is -0.390 e. The van der Waals surface area contributed by atoms with Crippen LogP contribution >= 0.6 is 0 Å². The van der Waals surface area contributed by atoms with Crippen molar-refractivity contribution < 1.29 is 47.9 Å². The van der Waals surface area contributed by atoms with Crippen molar-refractivity contribution in [2.24, 2.45) is 28.6 Å². The molecule has 8 fully saturated rings. The van der Waals surface area contributed by atoms with Crippen LogP contribution in [0.3, 0.4) is 0 Å². The quantitative estimate of drug-likeness (QED) is 0.139. The van der Waals surface area contributed by atoms with Crippen molar-refractivity contribution >= 4 is 24.8 Å². The molecule has 0 aromatic heterocycles. The third-order valence-electron chi connectivity index (χ3n) is 19.6. The lowest BCUT2D eigenvalue weighted by atomic mass is 9.22. The molecule has 0 spiro atoms. The van der Waals surface area contributed by atoms with Gasteiger partial charge in [-0.1, -0.05) is 198 Å². The highest BCUT2D eigenvalue weighted by Crippen LogP contribution is 2.61. The molecule has 77 heavy (non-hydrogen) atoms. The van der Waals surface area contributed by atoms with Crippen LogP contribution in [0, 0.1) is 28.6 Å². The van der Waals surface area contributed by atoms with E-state index in [1.807, 2.05) is 100 Å². The number of fused-ring (bicyclic) bond motifs is 8.